The first-order chi connectivity index (χ1) is 12.7. The highest BCUT2D eigenvalue weighted by Crippen LogP contribution is 2.16. The van der Waals surface area contributed by atoms with Gasteiger partial charge in [0.1, 0.15) is 24.7 Å². The number of amides is 1. The van der Waals surface area contributed by atoms with E-state index in [4.69, 9.17) is 9.47 Å². The molecule has 26 heavy (non-hydrogen) atoms. The standard InChI is InChI=1S/C20H20N2O3S/c1-22(10-11-24-18-7-3-2-4-8-18)20(23)16-6-5-9-19(12-16)25-13-17-14-26-15-21-17/h2-9,12,14-15H,10-11,13H2,1H3. The van der Waals surface area contributed by atoms with Gasteiger partial charge in [0.2, 0.25) is 0 Å². The molecule has 0 fully saturated rings. The summed E-state index contributed by atoms with van der Waals surface area (Å²) in [5, 5.41) is 1.94. The van der Waals surface area contributed by atoms with Crippen LogP contribution in [0.1, 0.15) is 16.1 Å². The quantitative estimate of drug-likeness (QED) is 0.606. The van der Waals surface area contributed by atoms with Crippen LogP contribution in [-0.2, 0) is 6.61 Å². The third kappa shape index (κ3) is 5.07. The van der Waals surface area contributed by atoms with Gasteiger partial charge in [-0.15, -0.1) is 11.3 Å². The van der Waals surface area contributed by atoms with Crippen LogP contribution in [0.3, 0.4) is 0 Å². The number of benzene rings is 2. The van der Waals surface area contributed by atoms with Gasteiger partial charge in [0.25, 0.3) is 5.91 Å². The molecule has 3 rings (SSSR count). The van der Waals surface area contributed by atoms with Gasteiger partial charge in [0.05, 0.1) is 17.7 Å². The molecule has 0 saturated carbocycles. The summed E-state index contributed by atoms with van der Waals surface area (Å²) < 4.78 is 11.4. The van der Waals surface area contributed by atoms with E-state index in [1.54, 1.807) is 29.6 Å². The zero-order valence-electron chi connectivity index (χ0n) is 14.5. The lowest BCUT2D eigenvalue weighted by atomic mass is 10.2. The van der Waals surface area contributed by atoms with E-state index in [1.807, 2.05) is 47.8 Å². The van der Waals surface area contributed by atoms with Gasteiger partial charge in [-0.25, -0.2) is 4.98 Å². The molecular weight excluding hydrogens is 348 g/mol. The molecule has 0 radical (unpaired) electrons. The van der Waals surface area contributed by atoms with Crippen LogP contribution in [-0.4, -0.2) is 36.0 Å². The topological polar surface area (TPSA) is 51.7 Å². The van der Waals surface area contributed by atoms with Crippen LogP contribution in [0.2, 0.25) is 0 Å². The van der Waals surface area contributed by atoms with Crippen LogP contribution in [0.5, 0.6) is 11.5 Å². The number of thiazole rings is 1. The van der Waals surface area contributed by atoms with E-state index >= 15 is 0 Å². The molecule has 0 bridgehead atoms. The average molecular weight is 368 g/mol. The van der Waals surface area contributed by atoms with Crippen molar-refractivity contribution in [3.63, 3.8) is 0 Å². The van der Waals surface area contributed by atoms with E-state index in [2.05, 4.69) is 4.98 Å². The van der Waals surface area contributed by atoms with Crippen molar-refractivity contribution in [2.45, 2.75) is 6.61 Å². The van der Waals surface area contributed by atoms with Gasteiger partial charge in [-0.2, -0.15) is 0 Å². The number of hydrogen-bond acceptors (Lipinski definition) is 5. The molecule has 0 aliphatic heterocycles. The van der Waals surface area contributed by atoms with Gasteiger partial charge >= 0.3 is 0 Å². The van der Waals surface area contributed by atoms with Crippen LogP contribution in [0, 0.1) is 0 Å². The Labute approximate surface area is 156 Å². The van der Waals surface area contributed by atoms with Crippen LogP contribution in [0.4, 0.5) is 0 Å². The Morgan fingerprint density at radius 1 is 1.08 bits per heavy atom. The highest BCUT2D eigenvalue weighted by atomic mass is 32.1. The van der Waals surface area contributed by atoms with Gasteiger partial charge in [-0.3, -0.25) is 4.79 Å². The van der Waals surface area contributed by atoms with Crippen molar-refractivity contribution >= 4 is 17.2 Å². The van der Waals surface area contributed by atoms with Crippen molar-refractivity contribution in [1.82, 2.24) is 9.88 Å². The lowest BCUT2D eigenvalue weighted by molar-refractivity contribution is 0.0773. The van der Waals surface area contributed by atoms with Gasteiger partial charge < -0.3 is 14.4 Å². The van der Waals surface area contributed by atoms with Crippen molar-refractivity contribution in [2.24, 2.45) is 0 Å². The third-order valence-corrected chi connectivity index (χ3v) is 4.37. The zero-order chi connectivity index (χ0) is 18.2. The number of hydrogen-bond donors (Lipinski definition) is 0. The number of carbonyl (C=O) groups excluding carboxylic acids is 1. The highest BCUT2D eigenvalue weighted by Gasteiger charge is 2.12. The van der Waals surface area contributed by atoms with Gasteiger partial charge in [-0.05, 0) is 30.3 Å². The first-order valence-electron chi connectivity index (χ1n) is 8.25. The lowest BCUT2D eigenvalue weighted by Crippen LogP contribution is -2.30. The smallest absolute Gasteiger partial charge is 0.253 e. The molecule has 0 unspecified atom stereocenters. The number of aromatic nitrogens is 1. The molecule has 3 aromatic rings. The van der Waals surface area contributed by atoms with Crippen LogP contribution >= 0.6 is 11.3 Å². The van der Waals surface area contributed by atoms with Crippen molar-refractivity contribution in [3.8, 4) is 11.5 Å². The van der Waals surface area contributed by atoms with Crippen molar-refractivity contribution in [3.05, 3.63) is 76.7 Å². The summed E-state index contributed by atoms with van der Waals surface area (Å²) in [6.07, 6.45) is 0. The Morgan fingerprint density at radius 2 is 1.88 bits per heavy atom. The van der Waals surface area contributed by atoms with Crippen molar-refractivity contribution < 1.29 is 14.3 Å². The summed E-state index contributed by atoms with van der Waals surface area (Å²) in [6.45, 7) is 1.33. The maximum atomic E-state index is 12.6. The second-order valence-electron chi connectivity index (χ2n) is 5.68. The molecule has 0 atom stereocenters. The predicted octanol–water partition coefficient (Wildman–Crippen LogP) is 3.87. The Hall–Kier alpha value is -2.86. The second kappa shape index (κ2) is 9.01. The van der Waals surface area contributed by atoms with Crippen LogP contribution in [0.25, 0.3) is 0 Å². The molecule has 0 aliphatic carbocycles. The molecule has 0 N–H and O–H groups in total. The van der Waals surface area contributed by atoms with E-state index in [0.29, 0.717) is 31.1 Å². The van der Waals surface area contributed by atoms with Gasteiger partial charge in [0, 0.05) is 18.0 Å². The van der Waals surface area contributed by atoms with Crippen molar-refractivity contribution in [1.29, 1.82) is 0 Å². The lowest BCUT2D eigenvalue weighted by Gasteiger charge is -2.18. The molecule has 0 spiro atoms. The number of ether oxygens (including phenoxy) is 2. The Bertz CT molecular complexity index is 822. The second-order valence-corrected chi connectivity index (χ2v) is 6.40. The van der Waals surface area contributed by atoms with Gasteiger partial charge in [0.15, 0.2) is 0 Å². The van der Waals surface area contributed by atoms with E-state index in [0.717, 1.165) is 11.4 Å². The first-order valence-corrected chi connectivity index (χ1v) is 9.20. The largest absolute Gasteiger partial charge is 0.492 e. The van der Waals surface area contributed by atoms with Crippen LogP contribution < -0.4 is 9.47 Å². The van der Waals surface area contributed by atoms with E-state index in [9.17, 15) is 4.79 Å². The fourth-order valence-electron chi connectivity index (χ4n) is 2.32. The minimum atomic E-state index is -0.0687. The van der Waals surface area contributed by atoms with Crippen LogP contribution in [0.15, 0.2) is 65.5 Å². The number of nitrogens with zero attached hydrogens (tertiary/aromatic N) is 2. The molecular formula is C20H20N2O3S. The maximum Gasteiger partial charge on any atom is 0.253 e. The maximum absolute atomic E-state index is 12.6. The SMILES string of the molecule is CN(CCOc1ccccc1)C(=O)c1cccc(OCc2cscn2)c1. The minimum Gasteiger partial charge on any atom is -0.492 e. The summed E-state index contributed by atoms with van der Waals surface area (Å²) >= 11 is 1.53. The molecule has 134 valence electrons. The molecule has 6 heteroatoms. The summed E-state index contributed by atoms with van der Waals surface area (Å²) in [5.74, 6) is 1.38. The fraction of sp³-hybridized carbons (Fsp3) is 0.200. The molecule has 1 aromatic heterocycles. The number of carbonyl (C=O) groups is 1. The van der Waals surface area contributed by atoms with E-state index < -0.39 is 0 Å². The third-order valence-electron chi connectivity index (χ3n) is 3.74. The number of rotatable bonds is 8. The normalized spacial score (nSPS) is 10.3. The Balaban J connectivity index is 1.52. The molecule has 0 saturated heterocycles. The van der Waals surface area contributed by atoms with E-state index in [-0.39, 0.29) is 5.91 Å². The summed E-state index contributed by atoms with van der Waals surface area (Å²) in [7, 11) is 1.76. The monoisotopic (exact) mass is 368 g/mol. The van der Waals surface area contributed by atoms with Gasteiger partial charge in [-0.1, -0.05) is 24.3 Å². The number of likely N-dealkylation sites (N-methyl/N-ethyl adjacent to an activating group) is 1. The fourth-order valence-corrected chi connectivity index (χ4v) is 2.87. The summed E-state index contributed by atoms with van der Waals surface area (Å²) in [4.78, 5) is 18.4. The Morgan fingerprint density at radius 3 is 2.65 bits per heavy atom. The van der Waals surface area contributed by atoms with E-state index in [1.165, 1.54) is 11.3 Å². The molecule has 1 heterocycles. The van der Waals surface area contributed by atoms with Crippen molar-refractivity contribution in [2.75, 3.05) is 20.2 Å². The molecule has 0 aliphatic rings. The number of para-hydroxylation sites is 1. The molecule has 1 amide bonds. The predicted molar refractivity (Wildman–Crippen MR) is 102 cm³/mol. The highest BCUT2D eigenvalue weighted by molar-refractivity contribution is 7.07. The molecule has 2 aromatic carbocycles. The summed E-state index contributed by atoms with van der Waals surface area (Å²) in [5.41, 5.74) is 3.23. The zero-order valence-corrected chi connectivity index (χ0v) is 15.3. The Kier molecular flexibility index (Phi) is 6.22. The minimum absolute atomic E-state index is 0.0687. The summed E-state index contributed by atoms with van der Waals surface area (Å²) in [6, 6.07) is 16.8. The molecule has 5 nitrogen and oxygen atoms in total. The first kappa shape index (κ1) is 17.9. The average Bonchev–Trinajstić information content (AvgIpc) is 3.20.